The summed E-state index contributed by atoms with van der Waals surface area (Å²) in [6.45, 7) is 0. The van der Waals surface area contributed by atoms with Crippen molar-refractivity contribution in [1.29, 1.82) is 0 Å². The number of benzene rings is 2. The van der Waals surface area contributed by atoms with Crippen LogP contribution in [0.25, 0.3) is 11.1 Å². The highest BCUT2D eigenvalue weighted by molar-refractivity contribution is 5.74. The highest BCUT2D eigenvalue weighted by atomic mass is 14.1. The molecule has 1 nitrogen and oxygen atoms in total. The van der Waals surface area contributed by atoms with Crippen molar-refractivity contribution in [2.45, 2.75) is 12.8 Å². The van der Waals surface area contributed by atoms with Crippen LogP contribution in [0.2, 0.25) is 0 Å². The SMILES string of the molecule is C1#Cc2ccccc2-c2ccccc2CC1.N. The second kappa shape index (κ2) is 4.86. The van der Waals surface area contributed by atoms with Crippen molar-refractivity contribution in [3.05, 3.63) is 59.7 Å². The zero-order valence-corrected chi connectivity index (χ0v) is 9.74. The van der Waals surface area contributed by atoms with Gasteiger partial charge in [0.1, 0.15) is 0 Å². The smallest absolute Gasteiger partial charge is 0.0323 e. The Morgan fingerprint density at radius 3 is 2.41 bits per heavy atom. The lowest BCUT2D eigenvalue weighted by Crippen LogP contribution is -1.94. The molecule has 0 saturated carbocycles. The summed E-state index contributed by atoms with van der Waals surface area (Å²) >= 11 is 0. The molecule has 0 bridgehead atoms. The number of hydrogen-bond donors (Lipinski definition) is 1. The van der Waals surface area contributed by atoms with Gasteiger partial charge in [-0.1, -0.05) is 54.3 Å². The standard InChI is InChI=1S/C16H12.H3N/c1-2-8-14-10-4-6-12-16(14)15-11-5-3-9-13(15)7-1;/h3-6,9-12H,1,7H2;1H3. The maximum absolute atomic E-state index is 3.26. The van der Waals surface area contributed by atoms with E-state index in [-0.39, 0.29) is 6.15 Å². The Hall–Kier alpha value is -2.04. The van der Waals surface area contributed by atoms with E-state index in [0.717, 1.165) is 18.4 Å². The maximum Gasteiger partial charge on any atom is 0.0323 e. The van der Waals surface area contributed by atoms with Crippen molar-refractivity contribution in [2.24, 2.45) is 0 Å². The molecule has 3 rings (SSSR count). The van der Waals surface area contributed by atoms with Crippen molar-refractivity contribution in [3.63, 3.8) is 0 Å². The lowest BCUT2D eigenvalue weighted by molar-refractivity contribution is 1.03. The van der Waals surface area contributed by atoms with Crippen LogP contribution in [-0.2, 0) is 6.42 Å². The van der Waals surface area contributed by atoms with Gasteiger partial charge in [-0.25, -0.2) is 0 Å². The van der Waals surface area contributed by atoms with E-state index in [2.05, 4.69) is 60.4 Å². The molecule has 0 saturated heterocycles. The van der Waals surface area contributed by atoms with E-state index in [0.29, 0.717) is 0 Å². The van der Waals surface area contributed by atoms with Gasteiger partial charge in [0.2, 0.25) is 0 Å². The second-order valence-electron chi connectivity index (χ2n) is 4.00. The lowest BCUT2D eigenvalue weighted by atomic mass is 9.92. The molecule has 1 heteroatoms. The summed E-state index contributed by atoms with van der Waals surface area (Å²) < 4.78 is 0. The van der Waals surface area contributed by atoms with E-state index in [1.165, 1.54) is 16.7 Å². The quantitative estimate of drug-likeness (QED) is 0.674. The first-order chi connectivity index (χ1) is 7.95. The van der Waals surface area contributed by atoms with Crippen LogP contribution in [0.4, 0.5) is 0 Å². The Labute approximate surface area is 102 Å². The average Bonchev–Trinajstić information content (AvgIpc) is 2.33. The van der Waals surface area contributed by atoms with Gasteiger partial charge >= 0.3 is 0 Å². The molecule has 0 aromatic heterocycles. The third-order valence-electron chi connectivity index (χ3n) is 2.98. The monoisotopic (exact) mass is 221 g/mol. The van der Waals surface area contributed by atoms with Gasteiger partial charge in [-0.05, 0) is 29.2 Å². The fourth-order valence-corrected chi connectivity index (χ4v) is 2.18. The van der Waals surface area contributed by atoms with Crippen LogP contribution in [0.1, 0.15) is 17.5 Å². The summed E-state index contributed by atoms with van der Waals surface area (Å²) in [6.07, 6.45) is 2.00. The predicted octanol–water partition coefficient (Wildman–Crippen LogP) is 3.81. The predicted molar refractivity (Wildman–Crippen MR) is 72.1 cm³/mol. The summed E-state index contributed by atoms with van der Waals surface area (Å²) in [6, 6.07) is 17.0. The van der Waals surface area contributed by atoms with Crippen LogP contribution in [0.15, 0.2) is 48.5 Å². The van der Waals surface area contributed by atoms with E-state index in [1.54, 1.807) is 0 Å². The molecule has 0 amide bonds. The topological polar surface area (TPSA) is 35.0 Å². The van der Waals surface area contributed by atoms with E-state index in [4.69, 9.17) is 0 Å². The van der Waals surface area contributed by atoms with E-state index >= 15 is 0 Å². The van der Waals surface area contributed by atoms with Crippen LogP contribution in [-0.4, -0.2) is 0 Å². The molecule has 0 aliphatic heterocycles. The number of aryl methyl sites for hydroxylation is 1. The van der Waals surface area contributed by atoms with Gasteiger partial charge in [0.15, 0.2) is 0 Å². The van der Waals surface area contributed by atoms with Gasteiger partial charge in [0.05, 0.1) is 0 Å². The largest absolute Gasteiger partial charge is 0.344 e. The fourth-order valence-electron chi connectivity index (χ4n) is 2.18. The minimum atomic E-state index is 0. The maximum atomic E-state index is 3.26. The van der Waals surface area contributed by atoms with Crippen molar-refractivity contribution in [1.82, 2.24) is 6.15 Å². The zero-order valence-electron chi connectivity index (χ0n) is 9.74. The first-order valence-corrected chi connectivity index (χ1v) is 5.61. The summed E-state index contributed by atoms with van der Waals surface area (Å²) in [5, 5.41) is 0. The molecule has 2 aromatic carbocycles. The first kappa shape index (κ1) is 11.4. The zero-order chi connectivity index (χ0) is 10.8. The van der Waals surface area contributed by atoms with Crippen LogP contribution in [0.3, 0.4) is 0 Å². The lowest BCUT2D eigenvalue weighted by Gasteiger charge is -2.12. The molecule has 84 valence electrons. The molecule has 0 fully saturated rings. The molecule has 1 aliphatic rings. The highest BCUT2D eigenvalue weighted by Crippen LogP contribution is 2.28. The van der Waals surface area contributed by atoms with Gasteiger partial charge in [-0.15, -0.1) is 0 Å². The minimum absolute atomic E-state index is 0. The molecule has 1 aliphatic carbocycles. The van der Waals surface area contributed by atoms with Gasteiger partial charge in [-0.2, -0.15) is 0 Å². The molecule has 0 radical (unpaired) electrons. The second-order valence-corrected chi connectivity index (χ2v) is 4.00. The summed E-state index contributed by atoms with van der Waals surface area (Å²) in [5.41, 5.74) is 5.16. The normalized spacial score (nSPS) is 11.8. The van der Waals surface area contributed by atoms with Crippen molar-refractivity contribution >= 4 is 0 Å². The Morgan fingerprint density at radius 1 is 0.824 bits per heavy atom. The molecule has 3 N–H and O–H groups in total. The fraction of sp³-hybridized carbons (Fsp3) is 0.125. The van der Waals surface area contributed by atoms with Gasteiger partial charge < -0.3 is 6.15 Å². The van der Waals surface area contributed by atoms with Crippen LogP contribution in [0, 0.1) is 11.8 Å². The number of fused-ring (bicyclic) bond motifs is 3. The molecular weight excluding hydrogens is 206 g/mol. The van der Waals surface area contributed by atoms with Gasteiger partial charge in [0, 0.05) is 12.0 Å². The molecular formula is C16H15N. The van der Waals surface area contributed by atoms with E-state index in [1.807, 2.05) is 0 Å². The van der Waals surface area contributed by atoms with Gasteiger partial charge in [0.25, 0.3) is 0 Å². The average molecular weight is 221 g/mol. The van der Waals surface area contributed by atoms with E-state index < -0.39 is 0 Å². The molecule has 0 unspecified atom stereocenters. The van der Waals surface area contributed by atoms with Crippen molar-refractivity contribution in [2.75, 3.05) is 0 Å². The first-order valence-electron chi connectivity index (χ1n) is 5.61. The van der Waals surface area contributed by atoms with Crippen LogP contribution >= 0.6 is 0 Å². The molecule has 0 heterocycles. The number of hydrogen-bond acceptors (Lipinski definition) is 1. The van der Waals surface area contributed by atoms with E-state index in [9.17, 15) is 0 Å². The van der Waals surface area contributed by atoms with Crippen molar-refractivity contribution < 1.29 is 0 Å². The Balaban J connectivity index is 0.00000108. The third kappa shape index (κ3) is 2.08. The van der Waals surface area contributed by atoms with Crippen LogP contribution in [0.5, 0.6) is 0 Å². The Morgan fingerprint density at radius 2 is 1.53 bits per heavy atom. The minimum Gasteiger partial charge on any atom is -0.344 e. The van der Waals surface area contributed by atoms with Crippen molar-refractivity contribution in [3.8, 4) is 23.0 Å². The Bertz CT molecular complexity index is 588. The van der Waals surface area contributed by atoms with Crippen LogP contribution < -0.4 is 6.15 Å². The van der Waals surface area contributed by atoms with Gasteiger partial charge in [-0.3, -0.25) is 0 Å². The third-order valence-corrected chi connectivity index (χ3v) is 2.98. The highest BCUT2D eigenvalue weighted by Gasteiger charge is 2.08. The Kier molecular flexibility index (Phi) is 3.27. The molecule has 17 heavy (non-hydrogen) atoms. The number of rotatable bonds is 0. The summed E-state index contributed by atoms with van der Waals surface area (Å²) in [7, 11) is 0. The molecule has 0 atom stereocenters. The summed E-state index contributed by atoms with van der Waals surface area (Å²) in [5.74, 6) is 6.49. The molecule has 0 spiro atoms. The molecule has 2 aromatic rings. The summed E-state index contributed by atoms with van der Waals surface area (Å²) in [4.78, 5) is 0.